The Morgan fingerprint density at radius 2 is 1.85 bits per heavy atom. The molecule has 2 aromatic rings. The Morgan fingerprint density at radius 1 is 1.12 bits per heavy atom. The summed E-state index contributed by atoms with van der Waals surface area (Å²) < 4.78 is 6.32. The number of aryl methyl sites for hydroxylation is 2. The molecule has 0 bridgehead atoms. The second-order valence-corrected chi connectivity index (χ2v) is 11.2. The van der Waals surface area contributed by atoms with Crippen molar-refractivity contribution in [2.24, 2.45) is 17.8 Å². The van der Waals surface area contributed by atoms with Gasteiger partial charge in [-0.15, -0.1) is 0 Å². The molecule has 5 rings (SSSR count). The number of non-ortho nitro benzene ring substituents is 1. The highest BCUT2D eigenvalue weighted by Gasteiger charge is 2.57. The Bertz CT molecular complexity index is 1420. The summed E-state index contributed by atoms with van der Waals surface area (Å²) in [6.45, 7) is 8.43. The molecule has 1 aliphatic carbocycles. The zero-order valence-corrected chi connectivity index (χ0v) is 23.5. The number of aromatic hydroxyl groups is 1. The molecule has 0 saturated carbocycles. The van der Waals surface area contributed by atoms with Crippen LogP contribution >= 0.6 is 0 Å². The van der Waals surface area contributed by atoms with Crippen LogP contribution in [0.5, 0.6) is 5.75 Å². The topological polar surface area (TPSA) is 110 Å². The van der Waals surface area contributed by atoms with E-state index < -0.39 is 16.8 Å². The highest BCUT2D eigenvalue weighted by atomic mass is 16.6. The van der Waals surface area contributed by atoms with E-state index in [0.717, 1.165) is 47.3 Å². The van der Waals surface area contributed by atoms with Crippen molar-refractivity contribution in [3.05, 3.63) is 79.9 Å². The fourth-order valence-electron chi connectivity index (χ4n) is 6.79. The van der Waals surface area contributed by atoms with Crippen LogP contribution in [0.1, 0.15) is 62.6 Å². The number of rotatable bonds is 8. The number of nitro benzene ring substituents is 1. The second-order valence-electron chi connectivity index (χ2n) is 11.2. The van der Waals surface area contributed by atoms with Gasteiger partial charge in [0.15, 0.2) is 0 Å². The van der Waals surface area contributed by atoms with Gasteiger partial charge < -0.3 is 9.84 Å². The molecule has 2 saturated heterocycles. The van der Waals surface area contributed by atoms with E-state index in [2.05, 4.69) is 19.9 Å². The van der Waals surface area contributed by atoms with E-state index in [1.807, 2.05) is 26.0 Å². The van der Waals surface area contributed by atoms with Gasteiger partial charge in [-0.3, -0.25) is 19.7 Å². The average molecular weight is 545 g/mol. The minimum Gasteiger partial charge on any atom is -0.507 e. The first-order valence-electron chi connectivity index (χ1n) is 14.1. The fourth-order valence-corrected chi connectivity index (χ4v) is 6.79. The Kier molecular flexibility index (Phi) is 7.64. The molecule has 8 nitrogen and oxygen atoms in total. The molecule has 8 heteroatoms. The molecule has 1 N–H and O–H groups in total. The van der Waals surface area contributed by atoms with Crippen molar-refractivity contribution in [2.75, 3.05) is 11.5 Å². The van der Waals surface area contributed by atoms with Gasteiger partial charge in [0.25, 0.3) is 5.69 Å². The molecule has 2 amide bonds. The van der Waals surface area contributed by atoms with Crippen LogP contribution in [0.2, 0.25) is 0 Å². The smallest absolute Gasteiger partial charge is 0.271 e. The zero-order valence-electron chi connectivity index (χ0n) is 23.5. The number of phenolic OH excluding ortho intramolecular Hbond substituents is 1. The number of allylic oxidation sites excluding steroid dienone is 2. The van der Waals surface area contributed by atoms with E-state index in [9.17, 15) is 24.8 Å². The third-order valence-electron chi connectivity index (χ3n) is 8.80. The van der Waals surface area contributed by atoms with Crippen LogP contribution in [0.4, 0.5) is 11.4 Å². The standard InChI is InChI=1S/C32H36N2O6/c1-5-20(14-21-12-18(3)30(35)19(4)13-21)10-11-27-28-22(6-2)15-25-29(26(28)17-40-27)32(37)33(31(25)36)23-8-7-9-24(16-23)34(38)39/h7-9,12-14,16,25-27,29,35H,5-6,10-11,15,17H2,1-4H3/b20-14+/t25-,26+,27-,29-/m1/s1. The van der Waals surface area contributed by atoms with E-state index in [1.165, 1.54) is 34.9 Å². The molecule has 2 fully saturated rings. The van der Waals surface area contributed by atoms with Gasteiger partial charge in [0, 0.05) is 18.1 Å². The number of hydrogen-bond acceptors (Lipinski definition) is 6. The first-order valence-corrected chi connectivity index (χ1v) is 14.1. The van der Waals surface area contributed by atoms with Gasteiger partial charge in [-0.2, -0.15) is 0 Å². The lowest BCUT2D eigenvalue weighted by Gasteiger charge is -2.31. The van der Waals surface area contributed by atoms with Crippen molar-refractivity contribution in [2.45, 2.75) is 65.9 Å². The van der Waals surface area contributed by atoms with Crippen LogP contribution in [0, 0.1) is 41.7 Å². The van der Waals surface area contributed by atoms with Gasteiger partial charge in [0.1, 0.15) is 5.75 Å². The van der Waals surface area contributed by atoms with Crippen LogP contribution in [-0.2, 0) is 14.3 Å². The first kappa shape index (κ1) is 27.8. The number of ether oxygens (including phenoxy) is 1. The monoisotopic (exact) mass is 544 g/mol. The predicted octanol–water partition coefficient (Wildman–Crippen LogP) is 6.42. The molecule has 0 aromatic heterocycles. The number of carbonyl (C=O) groups is 2. The van der Waals surface area contributed by atoms with Gasteiger partial charge >= 0.3 is 0 Å². The van der Waals surface area contributed by atoms with Crippen LogP contribution in [0.3, 0.4) is 0 Å². The van der Waals surface area contributed by atoms with Gasteiger partial charge in [-0.25, -0.2) is 4.90 Å². The van der Waals surface area contributed by atoms with E-state index in [1.54, 1.807) is 6.07 Å². The number of imide groups is 1. The summed E-state index contributed by atoms with van der Waals surface area (Å²) in [7, 11) is 0. The molecule has 4 atom stereocenters. The molecule has 0 unspecified atom stereocenters. The Balaban J connectivity index is 1.37. The summed E-state index contributed by atoms with van der Waals surface area (Å²) in [5.74, 6) is -1.37. The number of phenols is 1. The van der Waals surface area contributed by atoms with Crippen molar-refractivity contribution in [3.63, 3.8) is 0 Å². The number of benzene rings is 2. The predicted molar refractivity (Wildman–Crippen MR) is 153 cm³/mol. The highest BCUT2D eigenvalue weighted by Crippen LogP contribution is 2.51. The minimum absolute atomic E-state index is 0.103. The summed E-state index contributed by atoms with van der Waals surface area (Å²) in [5, 5.41) is 21.4. The van der Waals surface area contributed by atoms with Crippen molar-refractivity contribution in [1.82, 2.24) is 0 Å². The van der Waals surface area contributed by atoms with E-state index in [-0.39, 0.29) is 35.2 Å². The summed E-state index contributed by atoms with van der Waals surface area (Å²) in [4.78, 5) is 39.2. The highest BCUT2D eigenvalue weighted by molar-refractivity contribution is 6.22. The summed E-state index contributed by atoms with van der Waals surface area (Å²) >= 11 is 0. The maximum absolute atomic E-state index is 13.7. The lowest BCUT2D eigenvalue weighted by atomic mass is 9.69. The van der Waals surface area contributed by atoms with Crippen LogP contribution in [0.25, 0.3) is 6.08 Å². The maximum atomic E-state index is 13.7. The minimum atomic E-state index is -0.519. The maximum Gasteiger partial charge on any atom is 0.271 e. The Morgan fingerprint density at radius 3 is 2.50 bits per heavy atom. The molecule has 2 heterocycles. The van der Waals surface area contributed by atoms with E-state index >= 15 is 0 Å². The first-order chi connectivity index (χ1) is 19.1. The van der Waals surface area contributed by atoms with Crippen molar-refractivity contribution >= 4 is 29.3 Å². The normalized spacial score (nSPS) is 24.5. The number of fused-ring (bicyclic) bond motifs is 3. The molecular formula is C32H36N2O6. The third-order valence-corrected chi connectivity index (χ3v) is 8.80. The molecular weight excluding hydrogens is 508 g/mol. The lowest BCUT2D eigenvalue weighted by molar-refractivity contribution is -0.384. The number of anilines is 1. The van der Waals surface area contributed by atoms with Gasteiger partial charge in [-0.05, 0) is 86.4 Å². The van der Waals surface area contributed by atoms with E-state index in [0.29, 0.717) is 18.8 Å². The van der Waals surface area contributed by atoms with Crippen LogP contribution in [0.15, 0.2) is 53.1 Å². The van der Waals surface area contributed by atoms with Crippen molar-refractivity contribution in [1.29, 1.82) is 0 Å². The Hall–Kier alpha value is -3.78. The van der Waals surface area contributed by atoms with E-state index in [4.69, 9.17) is 4.74 Å². The number of nitro groups is 1. The molecule has 0 spiro atoms. The molecule has 2 aromatic carbocycles. The van der Waals surface area contributed by atoms with Crippen LogP contribution < -0.4 is 4.90 Å². The lowest BCUT2D eigenvalue weighted by Crippen LogP contribution is -2.34. The molecule has 40 heavy (non-hydrogen) atoms. The van der Waals surface area contributed by atoms with Crippen molar-refractivity contribution < 1.29 is 24.4 Å². The SMILES string of the molecule is CCC1=C2[C@@H](CC/C(=C/c3cc(C)c(O)c(C)c3)CC)OC[C@@H]2[C@@H]2C(=O)N(c3cccc([N+](=O)[O-])c3)C(=O)[C@@H]2C1. The number of nitrogens with zero attached hydrogens (tertiary/aromatic N) is 2. The molecule has 2 aliphatic heterocycles. The van der Waals surface area contributed by atoms with Crippen molar-refractivity contribution in [3.8, 4) is 5.75 Å². The molecule has 210 valence electrons. The number of hydrogen-bond donors (Lipinski definition) is 1. The summed E-state index contributed by atoms with van der Waals surface area (Å²) in [6.07, 6.45) is 5.92. The average Bonchev–Trinajstić information content (AvgIpc) is 3.47. The number of amides is 2. The largest absolute Gasteiger partial charge is 0.507 e. The second kappa shape index (κ2) is 11.0. The quantitative estimate of drug-likeness (QED) is 0.178. The third kappa shape index (κ3) is 4.85. The Labute approximate surface area is 234 Å². The number of carbonyl (C=O) groups excluding carboxylic acids is 2. The molecule has 0 radical (unpaired) electrons. The fraction of sp³-hybridized carbons (Fsp3) is 0.438. The van der Waals surface area contributed by atoms with Gasteiger partial charge in [-0.1, -0.05) is 37.1 Å². The van der Waals surface area contributed by atoms with Gasteiger partial charge in [0.05, 0.1) is 35.2 Å². The zero-order chi connectivity index (χ0) is 28.7. The van der Waals surface area contributed by atoms with Crippen LogP contribution in [-0.4, -0.2) is 34.6 Å². The summed E-state index contributed by atoms with van der Waals surface area (Å²) in [5.41, 5.74) is 6.54. The molecule has 3 aliphatic rings. The van der Waals surface area contributed by atoms with Gasteiger partial charge in [0.2, 0.25) is 11.8 Å². The summed E-state index contributed by atoms with van der Waals surface area (Å²) in [6, 6.07) is 9.73.